The number of rotatable bonds is 2. The highest BCUT2D eigenvalue weighted by Crippen LogP contribution is 2.02. The second-order valence-electron chi connectivity index (χ2n) is 2.73. The first-order valence-corrected chi connectivity index (χ1v) is 3.29. The average molecular weight is 141 g/mol. The molecular formula is C6H11N3O. The zero-order valence-electron chi connectivity index (χ0n) is 6.15. The summed E-state index contributed by atoms with van der Waals surface area (Å²) in [6.45, 7) is 4.19. The maximum Gasteiger partial charge on any atom is 0.0900 e. The van der Waals surface area contributed by atoms with Crippen molar-refractivity contribution in [3.63, 3.8) is 0 Å². The lowest BCUT2D eigenvalue weighted by Gasteiger charge is -1.96. The first-order chi connectivity index (χ1) is 4.68. The quantitative estimate of drug-likeness (QED) is 0.617. The van der Waals surface area contributed by atoms with Gasteiger partial charge < -0.3 is 5.21 Å². The van der Waals surface area contributed by atoms with E-state index in [9.17, 15) is 0 Å². The van der Waals surface area contributed by atoms with Crippen LogP contribution in [0.1, 0.15) is 19.5 Å². The molecule has 1 aromatic rings. The van der Waals surface area contributed by atoms with E-state index in [4.69, 9.17) is 5.21 Å². The molecule has 0 aliphatic heterocycles. The lowest BCUT2D eigenvalue weighted by Crippen LogP contribution is -1.93. The van der Waals surface area contributed by atoms with Gasteiger partial charge in [0, 0.05) is 0 Å². The van der Waals surface area contributed by atoms with E-state index in [1.54, 1.807) is 0 Å². The topological polar surface area (TPSA) is 50.9 Å². The summed E-state index contributed by atoms with van der Waals surface area (Å²) in [4.78, 5) is 0.734. The maximum atomic E-state index is 8.71. The van der Waals surface area contributed by atoms with E-state index >= 15 is 0 Å². The first kappa shape index (κ1) is 7.05. The van der Waals surface area contributed by atoms with Crippen LogP contribution in [-0.4, -0.2) is 20.4 Å². The summed E-state index contributed by atoms with van der Waals surface area (Å²) in [5.74, 6) is 0.552. The van der Waals surface area contributed by atoms with Crippen LogP contribution in [0, 0.1) is 5.92 Å². The summed E-state index contributed by atoms with van der Waals surface area (Å²) in [5, 5.41) is 15.8. The zero-order valence-corrected chi connectivity index (χ0v) is 6.15. The van der Waals surface area contributed by atoms with Crippen molar-refractivity contribution in [2.24, 2.45) is 5.92 Å². The Hall–Kier alpha value is -1.06. The van der Waals surface area contributed by atoms with Crippen LogP contribution in [0.15, 0.2) is 6.20 Å². The Morgan fingerprint density at radius 1 is 1.70 bits per heavy atom. The minimum Gasteiger partial charge on any atom is -0.411 e. The van der Waals surface area contributed by atoms with Gasteiger partial charge in [0.25, 0.3) is 0 Å². The fraction of sp³-hybridized carbons (Fsp3) is 0.667. The van der Waals surface area contributed by atoms with Gasteiger partial charge in [0.05, 0.1) is 11.9 Å². The predicted octanol–water partition coefficient (Wildman–Crippen LogP) is 0.714. The predicted molar refractivity (Wildman–Crippen MR) is 35.7 cm³/mol. The second-order valence-corrected chi connectivity index (χ2v) is 2.73. The summed E-state index contributed by atoms with van der Waals surface area (Å²) >= 11 is 0. The van der Waals surface area contributed by atoms with Crippen molar-refractivity contribution in [1.82, 2.24) is 15.2 Å². The third-order valence-corrected chi connectivity index (χ3v) is 1.15. The van der Waals surface area contributed by atoms with Crippen LogP contribution in [0.2, 0.25) is 0 Å². The molecule has 4 nitrogen and oxygen atoms in total. The molecule has 0 saturated heterocycles. The van der Waals surface area contributed by atoms with Crippen LogP contribution in [0.4, 0.5) is 0 Å². The summed E-state index contributed by atoms with van der Waals surface area (Å²) < 4.78 is 0. The van der Waals surface area contributed by atoms with E-state index in [0.29, 0.717) is 5.92 Å². The highest BCUT2D eigenvalue weighted by atomic mass is 16.5. The van der Waals surface area contributed by atoms with E-state index in [1.165, 1.54) is 6.20 Å². The minimum atomic E-state index is 0.552. The number of aromatic nitrogens is 3. The minimum absolute atomic E-state index is 0.552. The lowest BCUT2D eigenvalue weighted by atomic mass is 10.1. The second kappa shape index (κ2) is 2.68. The first-order valence-electron chi connectivity index (χ1n) is 3.29. The SMILES string of the molecule is CC(C)Cc1cn(O)nn1. The van der Waals surface area contributed by atoms with E-state index in [-0.39, 0.29) is 0 Å². The van der Waals surface area contributed by atoms with Crippen molar-refractivity contribution in [1.29, 1.82) is 0 Å². The Morgan fingerprint density at radius 2 is 2.40 bits per heavy atom. The number of nitrogens with zero attached hydrogens (tertiary/aromatic N) is 3. The molecule has 4 heteroatoms. The summed E-state index contributed by atoms with van der Waals surface area (Å²) in [6, 6.07) is 0. The molecule has 0 aliphatic carbocycles. The molecule has 0 fully saturated rings. The summed E-state index contributed by atoms with van der Waals surface area (Å²) in [6.07, 6.45) is 2.38. The maximum absolute atomic E-state index is 8.71. The van der Waals surface area contributed by atoms with Gasteiger partial charge in [0.2, 0.25) is 0 Å². The fourth-order valence-corrected chi connectivity index (χ4v) is 0.800. The van der Waals surface area contributed by atoms with E-state index in [2.05, 4.69) is 24.2 Å². The van der Waals surface area contributed by atoms with Gasteiger partial charge in [-0.3, -0.25) is 0 Å². The molecule has 0 aliphatic rings. The third kappa shape index (κ3) is 1.72. The van der Waals surface area contributed by atoms with Crippen LogP contribution >= 0.6 is 0 Å². The van der Waals surface area contributed by atoms with Gasteiger partial charge in [-0.2, -0.15) is 0 Å². The molecule has 0 bridgehead atoms. The molecule has 0 radical (unpaired) electrons. The number of hydrogen-bond acceptors (Lipinski definition) is 3. The van der Waals surface area contributed by atoms with Crippen molar-refractivity contribution in [3.8, 4) is 0 Å². The van der Waals surface area contributed by atoms with E-state index < -0.39 is 0 Å². The molecule has 1 aromatic heterocycles. The average Bonchev–Trinajstić information content (AvgIpc) is 2.13. The molecule has 10 heavy (non-hydrogen) atoms. The van der Waals surface area contributed by atoms with E-state index in [1.807, 2.05) is 0 Å². The largest absolute Gasteiger partial charge is 0.411 e. The van der Waals surface area contributed by atoms with Gasteiger partial charge in [-0.1, -0.05) is 18.7 Å². The van der Waals surface area contributed by atoms with Crippen LogP contribution in [0.5, 0.6) is 0 Å². The standard InChI is InChI=1S/C6H11N3O/c1-5(2)3-6-4-9(10)8-7-6/h4-5,10H,3H2,1-2H3. The van der Waals surface area contributed by atoms with Crippen molar-refractivity contribution in [2.75, 3.05) is 0 Å². The molecule has 1 rings (SSSR count). The van der Waals surface area contributed by atoms with Gasteiger partial charge in [0.15, 0.2) is 0 Å². The lowest BCUT2D eigenvalue weighted by molar-refractivity contribution is 0.143. The third-order valence-electron chi connectivity index (χ3n) is 1.15. The Bertz CT molecular complexity index is 207. The molecule has 56 valence electrons. The Morgan fingerprint density at radius 3 is 2.80 bits per heavy atom. The Kier molecular flexibility index (Phi) is 1.89. The Labute approximate surface area is 59.4 Å². The Balaban J connectivity index is 2.58. The molecule has 0 spiro atoms. The summed E-state index contributed by atoms with van der Waals surface area (Å²) in [7, 11) is 0. The van der Waals surface area contributed by atoms with Gasteiger partial charge >= 0.3 is 0 Å². The zero-order chi connectivity index (χ0) is 7.56. The van der Waals surface area contributed by atoms with E-state index in [0.717, 1.165) is 17.0 Å². The van der Waals surface area contributed by atoms with Gasteiger partial charge in [-0.15, -0.1) is 5.10 Å². The smallest absolute Gasteiger partial charge is 0.0900 e. The molecule has 0 amide bonds. The summed E-state index contributed by atoms with van der Waals surface area (Å²) in [5.41, 5.74) is 0.831. The van der Waals surface area contributed by atoms with Gasteiger partial charge in [-0.25, -0.2) is 0 Å². The highest BCUT2D eigenvalue weighted by Gasteiger charge is 2.01. The molecular weight excluding hydrogens is 130 g/mol. The van der Waals surface area contributed by atoms with Crippen molar-refractivity contribution in [2.45, 2.75) is 20.3 Å². The van der Waals surface area contributed by atoms with Crippen molar-refractivity contribution < 1.29 is 5.21 Å². The molecule has 0 unspecified atom stereocenters. The molecule has 0 aromatic carbocycles. The normalized spacial score (nSPS) is 10.7. The molecule has 1 heterocycles. The van der Waals surface area contributed by atoms with Crippen LogP contribution in [-0.2, 0) is 6.42 Å². The highest BCUT2D eigenvalue weighted by molar-refractivity contribution is 4.91. The van der Waals surface area contributed by atoms with Crippen LogP contribution in [0.3, 0.4) is 0 Å². The van der Waals surface area contributed by atoms with Crippen molar-refractivity contribution >= 4 is 0 Å². The van der Waals surface area contributed by atoms with Crippen LogP contribution < -0.4 is 0 Å². The number of hydrogen-bond donors (Lipinski definition) is 1. The molecule has 0 atom stereocenters. The molecule has 0 saturated carbocycles. The monoisotopic (exact) mass is 141 g/mol. The fourth-order valence-electron chi connectivity index (χ4n) is 0.800. The molecule has 1 N–H and O–H groups in total. The van der Waals surface area contributed by atoms with Gasteiger partial charge in [0.1, 0.15) is 0 Å². The van der Waals surface area contributed by atoms with Gasteiger partial charge in [-0.05, 0) is 17.6 Å². The van der Waals surface area contributed by atoms with Crippen molar-refractivity contribution in [3.05, 3.63) is 11.9 Å². The van der Waals surface area contributed by atoms with Crippen LogP contribution in [0.25, 0.3) is 0 Å².